The van der Waals surface area contributed by atoms with E-state index in [1.54, 1.807) is 10.4 Å². The van der Waals surface area contributed by atoms with E-state index in [-0.39, 0.29) is 0 Å². The van der Waals surface area contributed by atoms with Crippen LogP contribution in [0.15, 0.2) is 21.5 Å². The number of hydrogen-bond acceptors (Lipinski definition) is 3. The average molecular weight is 413 g/mol. The summed E-state index contributed by atoms with van der Waals surface area (Å²) in [6.45, 7) is 5.09. The highest BCUT2D eigenvalue weighted by molar-refractivity contribution is 9.10. The number of sulfonamides is 1. The van der Waals surface area contributed by atoms with Gasteiger partial charge in [-0.1, -0.05) is 22.9 Å². The standard InChI is InChI=1S/C14H19BrClNO2S2/c1-3-12-9-17(4-5-20-12)21(18,19)14-7-11(8-16)6-13(15)10(14)2/h6-7,12H,3-5,8-9H2,1-2H3. The van der Waals surface area contributed by atoms with Crippen LogP contribution in [0.4, 0.5) is 0 Å². The highest BCUT2D eigenvalue weighted by Crippen LogP contribution is 2.31. The topological polar surface area (TPSA) is 37.4 Å². The van der Waals surface area contributed by atoms with Crippen molar-refractivity contribution in [2.24, 2.45) is 0 Å². The fourth-order valence-electron chi connectivity index (χ4n) is 2.35. The van der Waals surface area contributed by atoms with Gasteiger partial charge >= 0.3 is 0 Å². The van der Waals surface area contributed by atoms with Crippen molar-refractivity contribution in [3.8, 4) is 0 Å². The van der Waals surface area contributed by atoms with Crippen LogP contribution in [-0.2, 0) is 15.9 Å². The third kappa shape index (κ3) is 3.78. The molecule has 0 bridgehead atoms. The number of thioether (sulfide) groups is 1. The highest BCUT2D eigenvalue weighted by Gasteiger charge is 2.31. The first-order chi connectivity index (χ1) is 9.90. The van der Waals surface area contributed by atoms with Gasteiger partial charge in [0.1, 0.15) is 0 Å². The van der Waals surface area contributed by atoms with Gasteiger partial charge in [0.05, 0.1) is 4.90 Å². The molecule has 0 aliphatic carbocycles. The van der Waals surface area contributed by atoms with Crippen molar-refractivity contribution < 1.29 is 8.42 Å². The fourth-order valence-corrected chi connectivity index (χ4v) is 6.32. The first kappa shape index (κ1) is 17.6. The summed E-state index contributed by atoms with van der Waals surface area (Å²) in [6, 6.07) is 3.58. The van der Waals surface area contributed by atoms with Crippen molar-refractivity contribution in [1.82, 2.24) is 4.31 Å². The number of hydrogen-bond donors (Lipinski definition) is 0. The molecule has 118 valence electrons. The minimum Gasteiger partial charge on any atom is -0.207 e. The molecule has 1 heterocycles. The maximum atomic E-state index is 12.9. The van der Waals surface area contributed by atoms with Gasteiger partial charge < -0.3 is 0 Å². The normalized spacial score (nSPS) is 20.7. The first-order valence-corrected chi connectivity index (χ1v) is 10.7. The van der Waals surface area contributed by atoms with Gasteiger partial charge in [-0.2, -0.15) is 16.1 Å². The Labute approximate surface area is 144 Å². The van der Waals surface area contributed by atoms with E-state index < -0.39 is 10.0 Å². The predicted octanol–water partition coefficient (Wildman–Crippen LogP) is 4.01. The van der Waals surface area contributed by atoms with Crippen LogP contribution in [-0.4, -0.2) is 36.8 Å². The third-order valence-corrected chi connectivity index (χ3v) is 8.18. The van der Waals surface area contributed by atoms with Crippen molar-refractivity contribution in [2.75, 3.05) is 18.8 Å². The lowest BCUT2D eigenvalue weighted by Crippen LogP contribution is -2.41. The van der Waals surface area contributed by atoms with Crippen LogP contribution in [0.1, 0.15) is 24.5 Å². The van der Waals surface area contributed by atoms with E-state index in [2.05, 4.69) is 22.9 Å². The van der Waals surface area contributed by atoms with E-state index in [4.69, 9.17) is 11.6 Å². The maximum absolute atomic E-state index is 12.9. The van der Waals surface area contributed by atoms with E-state index in [0.717, 1.165) is 27.8 Å². The Morgan fingerprint density at radius 2 is 2.19 bits per heavy atom. The molecule has 0 N–H and O–H groups in total. The Kier molecular flexibility index (Phi) is 6.05. The molecular formula is C14H19BrClNO2S2. The molecule has 1 saturated heterocycles. The van der Waals surface area contributed by atoms with Crippen LogP contribution in [0.3, 0.4) is 0 Å². The maximum Gasteiger partial charge on any atom is 0.243 e. The largest absolute Gasteiger partial charge is 0.243 e. The molecule has 1 aromatic rings. The van der Waals surface area contributed by atoms with Crippen molar-refractivity contribution in [3.05, 3.63) is 27.7 Å². The Morgan fingerprint density at radius 3 is 2.81 bits per heavy atom. The van der Waals surface area contributed by atoms with Crippen LogP contribution in [0.5, 0.6) is 0 Å². The Morgan fingerprint density at radius 1 is 1.48 bits per heavy atom. The fraction of sp³-hybridized carbons (Fsp3) is 0.571. The summed E-state index contributed by atoms with van der Waals surface area (Å²) in [5, 5.41) is 0.383. The van der Waals surface area contributed by atoms with Crippen LogP contribution in [0.2, 0.25) is 0 Å². The number of rotatable bonds is 4. The van der Waals surface area contributed by atoms with Crippen molar-refractivity contribution >= 4 is 49.3 Å². The molecule has 0 aromatic heterocycles. The molecule has 7 heteroatoms. The molecule has 1 fully saturated rings. The zero-order valence-electron chi connectivity index (χ0n) is 12.1. The smallest absolute Gasteiger partial charge is 0.207 e. The summed E-state index contributed by atoms with van der Waals surface area (Å²) >= 11 is 11.2. The lowest BCUT2D eigenvalue weighted by atomic mass is 10.2. The summed E-state index contributed by atoms with van der Waals surface area (Å²) in [5.41, 5.74) is 1.56. The SMILES string of the molecule is CCC1CN(S(=O)(=O)c2cc(CCl)cc(Br)c2C)CCS1. The molecule has 1 aromatic carbocycles. The van der Waals surface area contributed by atoms with Gasteiger partial charge in [-0.15, -0.1) is 11.6 Å². The van der Waals surface area contributed by atoms with Gasteiger partial charge in [0.15, 0.2) is 0 Å². The molecule has 0 spiro atoms. The second-order valence-electron chi connectivity index (χ2n) is 5.10. The highest BCUT2D eigenvalue weighted by atomic mass is 79.9. The Hall–Kier alpha value is 0.250. The van der Waals surface area contributed by atoms with Gasteiger partial charge in [-0.05, 0) is 36.6 Å². The molecular weight excluding hydrogens is 394 g/mol. The van der Waals surface area contributed by atoms with Crippen molar-refractivity contribution in [1.29, 1.82) is 0 Å². The minimum atomic E-state index is -3.46. The molecule has 1 aliphatic heterocycles. The van der Waals surface area contributed by atoms with Crippen LogP contribution < -0.4 is 0 Å². The van der Waals surface area contributed by atoms with Crippen LogP contribution >= 0.6 is 39.3 Å². The van der Waals surface area contributed by atoms with Gasteiger partial charge in [-0.25, -0.2) is 8.42 Å². The zero-order chi connectivity index (χ0) is 15.6. The first-order valence-electron chi connectivity index (χ1n) is 6.86. The summed E-state index contributed by atoms with van der Waals surface area (Å²) < 4.78 is 28.3. The van der Waals surface area contributed by atoms with Gasteiger partial charge in [0.25, 0.3) is 0 Å². The van der Waals surface area contributed by atoms with Gasteiger partial charge in [0, 0.05) is 34.4 Å². The number of benzene rings is 1. The van der Waals surface area contributed by atoms with E-state index in [0.29, 0.717) is 29.1 Å². The lowest BCUT2D eigenvalue weighted by Gasteiger charge is -2.31. The minimum absolute atomic E-state index is 0.300. The molecule has 0 radical (unpaired) electrons. The predicted molar refractivity (Wildman–Crippen MR) is 93.7 cm³/mol. The Bertz CT molecular complexity index is 622. The van der Waals surface area contributed by atoms with Gasteiger partial charge in [0.2, 0.25) is 10.0 Å². The van der Waals surface area contributed by atoms with Crippen molar-refractivity contribution in [2.45, 2.75) is 36.3 Å². The second kappa shape index (κ2) is 7.21. The molecule has 1 unspecified atom stereocenters. The second-order valence-corrected chi connectivity index (χ2v) is 9.53. The molecule has 0 saturated carbocycles. The molecule has 1 aliphatic rings. The van der Waals surface area contributed by atoms with E-state index >= 15 is 0 Å². The van der Waals surface area contributed by atoms with Crippen LogP contribution in [0.25, 0.3) is 0 Å². The molecule has 0 amide bonds. The quantitative estimate of drug-likeness (QED) is 0.701. The molecule has 21 heavy (non-hydrogen) atoms. The number of alkyl halides is 1. The lowest BCUT2D eigenvalue weighted by molar-refractivity contribution is 0.415. The summed E-state index contributed by atoms with van der Waals surface area (Å²) in [7, 11) is -3.46. The van der Waals surface area contributed by atoms with Crippen LogP contribution in [0, 0.1) is 6.92 Å². The van der Waals surface area contributed by atoms with E-state index in [9.17, 15) is 8.42 Å². The summed E-state index contributed by atoms with van der Waals surface area (Å²) in [6.07, 6.45) is 0.987. The number of nitrogens with zero attached hydrogens (tertiary/aromatic N) is 1. The zero-order valence-corrected chi connectivity index (χ0v) is 16.1. The summed E-state index contributed by atoms with van der Waals surface area (Å²) in [5.74, 6) is 1.15. The Balaban J connectivity index is 2.41. The molecule has 1 atom stereocenters. The third-order valence-electron chi connectivity index (χ3n) is 3.69. The van der Waals surface area contributed by atoms with E-state index in [1.807, 2.05) is 24.8 Å². The summed E-state index contributed by atoms with van der Waals surface area (Å²) in [4.78, 5) is 0.370. The monoisotopic (exact) mass is 411 g/mol. The number of halogens is 2. The van der Waals surface area contributed by atoms with E-state index in [1.165, 1.54) is 0 Å². The molecule has 3 nitrogen and oxygen atoms in total. The van der Waals surface area contributed by atoms with Gasteiger partial charge in [-0.3, -0.25) is 0 Å². The average Bonchev–Trinajstić information content (AvgIpc) is 2.49. The molecule has 2 rings (SSSR count). The van der Waals surface area contributed by atoms with Crippen molar-refractivity contribution in [3.63, 3.8) is 0 Å².